The molecule has 1 amide bonds. The molecule has 2 rings (SSSR count). The van der Waals surface area contributed by atoms with Gasteiger partial charge in [-0.3, -0.25) is 4.79 Å². The lowest BCUT2D eigenvalue weighted by atomic mass is 10.2. The van der Waals surface area contributed by atoms with Crippen LogP contribution in [0.15, 0.2) is 28.7 Å². The Hall–Kier alpha value is -1.53. The third-order valence-corrected chi connectivity index (χ3v) is 3.64. The number of hydrogen-bond donors (Lipinski definition) is 2. The quantitative estimate of drug-likeness (QED) is 0.859. The minimum atomic E-state index is -0.488. The minimum Gasteiger partial charge on any atom is -0.448 e. The summed E-state index contributed by atoms with van der Waals surface area (Å²) < 4.78 is 18.8. The molecule has 1 aromatic carbocycles. The number of benzene rings is 1. The predicted octanol–water partition coefficient (Wildman–Crippen LogP) is 2.42. The molecule has 1 heterocycles. The molecule has 0 aliphatic carbocycles. The van der Waals surface area contributed by atoms with E-state index in [4.69, 9.17) is 9.52 Å². The topological polar surface area (TPSA) is 62.5 Å². The van der Waals surface area contributed by atoms with Crippen molar-refractivity contribution in [2.75, 3.05) is 18.6 Å². The van der Waals surface area contributed by atoms with Gasteiger partial charge in [0.15, 0.2) is 17.2 Å². The summed E-state index contributed by atoms with van der Waals surface area (Å²) in [4.78, 5) is 12.1. The first kappa shape index (κ1) is 14.9. The molecule has 2 N–H and O–H groups in total. The summed E-state index contributed by atoms with van der Waals surface area (Å²) in [6.07, 6.45) is 2.40. The van der Waals surface area contributed by atoms with E-state index in [2.05, 4.69) is 5.32 Å². The number of carbonyl (C=O) groups excluding carboxylic acids is 1. The van der Waals surface area contributed by atoms with Gasteiger partial charge in [0, 0.05) is 23.8 Å². The van der Waals surface area contributed by atoms with Crippen LogP contribution in [0.4, 0.5) is 4.39 Å². The molecule has 6 heteroatoms. The zero-order valence-electron chi connectivity index (χ0n) is 11.1. The van der Waals surface area contributed by atoms with E-state index in [1.165, 1.54) is 12.1 Å². The first-order valence-corrected chi connectivity index (χ1v) is 7.63. The van der Waals surface area contributed by atoms with Crippen molar-refractivity contribution in [2.45, 2.75) is 12.5 Å². The van der Waals surface area contributed by atoms with E-state index in [0.29, 0.717) is 17.6 Å². The second kappa shape index (κ2) is 6.76. The molecule has 108 valence electrons. The number of aliphatic hydroxyl groups excluding tert-OH is 1. The normalized spacial score (nSPS) is 12.6. The molecule has 0 fully saturated rings. The van der Waals surface area contributed by atoms with Gasteiger partial charge in [-0.1, -0.05) is 12.1 Å². The molecule has 0 spiro atoms. The van der Waals surface area contributed by atoms with Crippen LogP contribution in [0.25, 0.3) is 11.0 Å². The predicted molar refractivity (Wildman–Crippen MR) is 77.5 cm³/mol. The van der Waals surface area contributed by atoms with E-state index in [0.717, 1.165) is 0 Å². The van der Waals surface area contributed by atoms with Crippen molar-refractivity contribution in [1.82, 2.24) is 5.32 Å². The molecular weight excluding hydrogens is 281 g/mol. The summed E-state index contributed by atoms with van der Waals surface area (Å²) in [6, 6.07) is 5.92. The second-order valence-electron chi connectivity index (χ2n) is 4.41. The molecule has 1 aromatic heterocycles. The summed E-state index contributed by atoms with van der Waals surface area (Å²) in [5.41, 5.74) is 0.0845. The molecule has 2 aromatic rings. The Morgan fingerprint density at radius 3 is 3.00 bits per heavy atom. The molecule has 0 aliphatic heterocycles. The average molecular weight is 297 g/mol. The number of halogens is 1. The maximum Gasteiger partial charge on any atom is 0.287 e. The summed E-state index contributed by atoms with van der Waals surface area (Å²) in [5.74, 6) is -0.110. The van der Waals surface area contributed by atoms with Crippen molar-refractivity contribution in [1.29, 1.82) is 0 Å². The first-order valence-electron chi connectivity index (χ1n) is 6.24. The van der Waals surface area contributed by atoms with Crippen molar-refractivity contribution in [3.8, 4) is 0 Å². The van der Waals surface area contributed by atoms with Crippen molar-refractivity contribution < 1.29 is 18.7 Å². The lowest BCUT2D eigenvalue weighted by molar-refractivity contribution is 0.0909. The molecule has 0 bridgehead atoms. The van der Waals surface area contributed by atoms with Gasteiger partial charge >= 0.3 is 0 Å². The van der Waals surface area contributed by atoms with Crippen LogP contribution in [-0.4, -0.2) is 35.7 Å². The highest BCUT2D eigenvalue weighted by Crippen LogP contribution is 2.22. The van der Waals surface area contributed by atoms with Crippen LogP contribution in [0.3, 0.4) is 0 Å². The van der Waals surface area contributed by atoms with Gasteiger partial charge in [0.05, 0.1) is 0 Å². The second-order valence-corrected chi connectivity index (χ2v) is 5.32. The highest BCUT2D eigenvalue weighted by atomic mass is 32.2. The molecule has 0 radical (unpaired) electrons. The van der Waals surface area contributed by atoms with Crippen LogP contribution in [0.2, 0.25) is 0 Å². The Kier molecular flexibility index (Phi) is 5.03. The van der Waals surface area contributed by atoms with E-state index in [9.17, 15) is 9.18 Å². The number of thioether (sulfide) groups is 1. The molecule has 0 saturated carbocycles. The SMILES string of the molecule is CSCC(CCO)NC(=O)c1cc2cccc(F)c2o1. The Balaban J connectivity index is 2.16. The molecule has 20 heavy (non-hydrogen) atoms. The minimum absolute atomic E-state index is 0.000263. The Bertz CT molecular complexity index is 593. The van der Waals surface area contributed by atoms with Gasteiger partial charge in [-0.25, -0.2) is 4.39 Å². The van der Waals surface area contributed by atoms with Crippen LogP contribution in [0, 0.1) is 5.82 Å². The van der Waals surface area contributed by atoms with Crippen LogP contribution in [-0.2, 0) is 0 Å². The van der Waals surface area contributed by atoms with Gasteiger partial charge in [-0.05, 0) is 24.8 Å². The zero-order valence-corrected chi connectivity index (χ0v) is 11.9. The molecule has 0 aliphatic rings. The molecule has 1 unspecified atom stereocenters. The molecule has 0 saturated heterocycles. The van der Waals surface area contributed by atoms with Gasteiger partial charge in [-0.2, -0.15) is 11.8 Å². The number of aliphatic hydroxyl groups is 1. The maximum absolute atomic E-state index is 13.5. The number of para-hydroxylation sites is 1. The number of hydrogen-bond acceptors (Lipinski definition) is 4. The zero-order chi connectivity index (χ0) is 14.5. The van der Waals surface area contributed by atoms with E-state index >= 15 is 0 Å². The Morgan fingerprint density at radius 1 is 1.55 bits per heavy atom. The van der Waals surface area contributed by atoms with Crippen LogP contribution in [0.1, 0.15) is 17.0 Å². The van der Waals surface area contributed by atoms with Crippen molar-refractivity contribution in [3.63, 3.8) is 0 Å². The molecular formula is C14H16FNO3S. The third-order valence-electron chi connectivity index (χ3n) is 2.90. The van der Waals surface area contributed by atoms with Gasteiger partial charge in [-0.15, -0.1) is 0 Å². The largest absolute Gasteiger partial charge is 0.448 e. The highest BCUT2D eigenvalue weighted by molar-refractivity contribution is 7.98. The van der Waals surface area contributed by atoms with Crippen LogP contribution < -0.4 is 5.32 Å². The Labute approximate surface area is 120 Å². The van der Waals surface area contributed by atoms with Gasteiger partial charge in [0.1, 0.15) is 0 Å². The fraction of sp³-hybridized carbons (Fsp3) is 0.357. The van der Waals surface area contributed by atoms with E-state index in [1.54, 1.807) is 23.9 Å². The third kappa shape index (κ3) is 3.32. The lowest BCUT2D eigenvalue weighted by Gasteiger charge is -2.15. The summed E-state index contributed by atoms with van der Waals surface area (Å²) >= 11 is 1.58. The van der Waals surface area contributed by atoms with Crippen molar-refractivity contribution in [3.05, 3.63) is 35.8 Å². The number of carbonyl (C=O) groups is 1. The summed E-state index contributed by atoms with van der Waals surface area (Å²) in [7, 11) is 0. The summed E-state index contributed by atoms with van der Waals surface area (Å²) in [6.45, 7) is 0.000263. The van der Waals surface area contributed by atoms with Crippen LogP contribution >= 0.6 is 11.8 Å². The highest BCUT2D eigenvalue weighted by Gasteiger charge is 2.17. The first-order chi connectivity index (χ1) is 9.65. The number of furan rings is 1. The van der Waals surface area contributed by atoms with Crippen molar-refractivity contribution in [2.24, 2.45) is 0 Å². The Morgan fingerprint density at radius 2 is 2.35 bits per heavy atom. The summed E-state index contributed by atoms with van der Waals surface area (Å²) in [5, 5.41) is 12.3. The fourth-order valence-electron chi connectivity index (χ4n) is 1.95. The van der Waals surface area contributed by atoms with Gasteiger partial charge in [0.2, 0.25) is 0 Å². The van der Waals surface area contributed by atoms with Crippen LogP contribution in [0.5, 0.6) is 0 Å². The van der Waals surface area contributed by atoms with Gasteiger partial charge < -0.3 is 14.8 Å². The number of amides is 1. The molecule has 4 nitrogen and oxygen atoms in total. The lowest BCUT2D eigenvalue weighted by Crippen LogP contribution is -2.37. The van der Waals surface area contributed by atoms with Gasteiger partial charge in [0.25, 0.3) is 5.91 Å². The fourth-order valence-corrected chi connectivity index (χ4v) is 2.60. The van der Waals surface area contributed by atoms with Crippen molar-refractivity contribution >= 4 is 28.6 Å². The van der Waals surface area contributed by atoms with E-state index in [-0.39, 0.29) is 24.0 Å². The number of fused-ring (bicyclic) bond motifs is 1. The monoisotopic (exact) mass is 297 g/mol. The maximum atomic E-state index is 13.5. The average Bonchev–Trinajstić information content (AvgIpc) is 2.85. The smallest absolute Gasteiger partial charge is 0.287 e. The number of rotatable bonds is 6. The number of nitrogens with one attached hydrogen (secondary N) is 1. The van der Waals surface area contributed by atoms with E-state index in [1.807, 2.05) is 6.26 Å². The standard InChI is InChI=1S/C14H16FNO3S/c1-20-8-10(5-6-17)16-14(18)12-7-9-3-2-4-11(15)13(9)19-12/h2-4,7,10,17H,5-6,8H2,1H3,(H,16,18). The molecule has 1 atom stereocenters. The van der Waals surface area contributed by atoms with E-state index < -0.39 is 11.7 Å².